The van der Waals surface area contributed by atoms with Crippen LogP contribution in [0.2, 0.25) is 0 Å². The molecule has 0 radical (unpaired) electrons. The van der Waals surface area contributed by atoms with E-state index in [1.807, 2.05) is 47.1 Å². The number of hydrogen-bond acceptors (Lipinski definition) is 3. The van der Waals surface area contributed by atoms with Gasteiger partial charge in [-0.2, -0.15) is 5.10 Å². The maximum Gasteiger partial charge on any atom is 0.171 e. The highest BCUT2D eigenvalue weighted by Gasteiger charge is 2.06. The molecule has 0 aliphatic carbocycles. The lowest BCUT2D eigenvalue weighted by Gasteiger charge is -2.04. The van der Waals surface area contributed by atoms with Gasteiger partial charge in [0.25, 0.3) is 0 Å². The molecule has 0 amide bonds. The summed E-state index contributed by atoms with van der Waals surface area (Å²) in [7, 11) is 0. The summed E-state index contributed by atoms with van der Waals surface area (Å²) in [5.41, 5.74) is 4.61. The Balaban J connectivity index is 1.91. The number of pyridine rings is 1. The van der Waals surface area contributed by atoms with Gasteiger partial charge in [-0.3, -0.25) is 0 Å². The number of benzene rings is 1. The molecule has 3 heterocycles. The zero-order chi connectivity index (χ0) is 13.5. The Kier molecular flexibility index (Phi) is 2.50. The van der Waals surface area contributed by atoms with Gasteiger partial charge in [-0.1, -0.05) is 12.1 Å². The van der Waals surface area contributed by atoms with E-state index in [-0.39, 0.29) is 12.3 Å². The molecule has 0 aliphatic heterocycles. The van der Waals surface area contributed by atoms with Crippen LogP contribution in [0.4, 0.5) is 3.89 Å². The first-order valence-electron chi connectivity index (χ1n) is 6.05. The molecule has 0 atom stereocenters. The van der Waals surface area contributed by atoms with Gasteiger partial charge in [-0.15, -0.1) is 3.89 Å². The molecule has 4 nitrogen and oxygen atoms in total. The van der Waals surface area contributed by atoms with Gasteiger partial charge in [0.15, 0.2) is 12.3 Å². The van der Waals surface area contributed by atoms with E-state index in [1.165, 1.54) is 10.3 Å². The molecule has 0 aliphatic rings. The van der Waals surface area contributed by atoms with Gasteiger partial charge in [-0.05, 0) is 29.8 Å². The fourth-order valence-corrected chi connectivity index (χ4v) is 2.61. The van der Waals surface area contributed by atoms with Crippen LogP contribution in [0.5, 0.6) is 0 Å². The predicted octanol–water partition coefficient (Wildman–Crippen LogP) is 3.73. The molecule has 4 aromatic rings. The molecular weight excluding hydrogens is 275 g/mol. The molecule has 0 saturated carbocycles. The number of hydrogen-bond donors (Lipinski definition) is 0. The lowest BCUT2D eigenvalue weighted by molar-refractivity contribution is 0.919. The third-order valence-corrected chi connectivity index (χ3v) is 3.76. The molecular formula is C14H9FN4S. The number of halogens is 1. The molecule has 0 unspecified atom stereocenters. The monoisotopic (exact) mass is 284 g/mol. The first-order valence-corrected chi connectivity index (χ1v) is 6.72. The fourth-order valence-electron chi connectivity index (χ4n) is 2.31. The van der Waals surface area contributed by atoms with Crippen molar-refractivity contribution in [2.75, 3.05) is 0 Å². The van der Waals surface area contributed by atoms with Gasteiger partial charge in [0.05, 0.1) is 16.6 Å². The molecule has 4 rings (SSSR count). The second kappa shape index (κ2) is 4.35. The van der Waals surface area contributed by atoms with Crippen LogP contribution < -0.4 is 0 Å². The summed E-state index contributed by atoms with van der Waals surface area (Å²) in [6.07, 6.45) is 5.20. The summed E-state index contributed by atoms with van der Waals surface area (Å²) >= 11 is 0.149. The minimum absolute atomic E-state index is 0.149. The molecule has 98 valence electrons. The molecule has 0 saturated heterocycles. The van der Waals surface area contributed by atoms with Gasteiger partial charge in [0.1, 0.15) is 6.33 Å². The number of aromatic nitrogens is 4. The molecule has 6 heteroatoms. The summed E-state index contributed by atoms with van der Waals surface area (Å²) in [5.74, 6) is 0. The second-order valence-corrected chi connectivity index (χ2v) is 4.99. The quantitative estimate of drug-likeness (QED) is 0.562. The summed E-state index contributed by atoms with van der Waals surface area (Å²) in [4.78, 5) is 4.15. The fraction of sp³-hybridized carbons (Fsp3) is 0. The summed E-state index contributed by atoms with van der Waals surface area (Å²) in [5, 5.41) is 4.23. The lowest BCUT2D eigenvalue weighted by Crippen LogP contribution is -1.88. The van der Waals surface area contributed by atoms with Crippen molar-refractivity contribution in [3.63, 3.8) is 0 Å². The van der Waals surface area contributed by atoms with Crippen LogP contribution >= 0.6 is 12.3 Å². The third-order valence-electron chi connectivity index (χ3n) is 3.32. The molecule has 20 heavy (non-hydrogen) atoms. The minimum atomic E-state index is 0.149. The van der Waals surface area contributed by atoms with Crippen molar-refractivity contribution in [1.29, 1.82) is 0 Å². The Labute approximate surface area is 118 Å². The number of imidazole rings is 1. The van der Waals surface area contributed by atoms with Crippen LogP contribution in [0.25, 0.3) is 27.7 Å². The summed E-state index contributed by atoms with van der Waals surface area (Å²) in [6, 6.07) is 11.8. The van der Waals surface area contributed by atoms with E-state index < -0.39 is 0 Å². The zero-order valence-electron chi connectivity index (χ0n) is 10.3. The zero-order valence-corrected chi connectivity index (χ0v) is 11.1. The van der Waals surface area contributed by atoms with Crippen LogP contribution in [-0.2, 0) is 0 Å². The average molecular weight is 284 g/mol. The van der Waals surface area contributed by atoms with E-state index in [4.69, 9.17) is 0 Å². The normalized spacial score (nSPS) is 11.4. The first-order chi connectivity index (χ1) is 9.85. The average Bonchev–Trinajstić information content (AvgIpc) is 3.12. The van der Waals surface area contributed by atoms with Crippen LogP contribution in [0.3, 0.4) is 0 Å². The predicted molar refractivity (Wildman–Crippen MR) is 78.0 cm³/mol. The Morgan fingerprint density at radius 3 is 2.85 bits per heavy atom. The van der Waals surface area contributed by atoms with Gasteiger partial charge in [-0.25, -0.2) is 13.5 Å². The van der Waals surface area contributed by atoms with Crippen molar-refractivity contribution < 1.29 is 3.89 Å². The number of nitrogens with zero attached hydrogens (tertiary/aromatic N) is 4. The third kappa shape index (κ3) is 1.69. The Hall–Kier alpha value is -2.34. The van der Waals surface area contributed by atoms with Crippen molar-refractivity contribution in [2.45, 2.75) is 0 Å². The van der Waals surface area contributed by atoms with E-state index in [9.17, 15) is 3.89 Å². The summed E-state index contributed by atoms with van der Waals surface area (Å²) in [6.45, 7) is 0. The highest BCUT2D eigenvalue weighted by molar-refractivity contribution is 7.92. The standard InChI is InChI=1S/C14H9FN4S/c15-20-19-9-16-13-4-2-10(7-14(13)19)11-1-3-12-5-6-17-18(12)8-11/h1-9H. The van der Waals surface area contributed by atoms with E-state index in [0.717, 1.165) is 27.7 Å². The first kappa shape index (κ1) is 11.5. The maximum absolute atomic E-state index is 12.8. The highest BCUT2D eigenvalue weighted by Crippen LogP contribution is 2.26. The maximum atomic E-state index is 12.8. The van der Waals surface area contributed by atoms with Crippen LogP contribution in [-0.4, -0.2) is 18.6 Å². The minimum Gasteiger partial charge on any atom is -0.245 e. The van der Waals surface area contributed by atoms with Crippen molar-refractivity contribution in [2.24, 2.45) is 0 Å². The van der Waals surface area contributed by atoms with E-state index in [1.54, 1.807) is 6.20 Å². The van der Waals surface area contributed by atoms with Crippen LogP contribution in [0.15, 0.2) is 55.1 Å². The molecule has 0 N–H and O–H groups in total. The molecule has 0 bridgehead atoms. The SMILES string of the molecule is FSn1cnc2ccc(-c3ccc4ccnn4c3)cc21. The van der Waals surface area contributed by atoms with E-state index in [2.05, 4.69) is 10.1 Å². The molecule has 0 spiro atoms. The molecule has 3 aromatic heterocycles. The number of fused-ring (bicyclic) bond motifs is 2. The Bertz CT molecular complexity index is 912. The van der Waals surface area contributed by atoms with Crippen molar-refractivity contribution in [3.05, 3.63) is 55.1 Å². The smallest absolute Gasteiger partial charge is 0.171 e. The summed E-state index contributed by atoms with van der Waals surface area (Å²) < 4.78 is 16.0. The van der Waals surface area contributed by atoms with Crippen molar-refractivity contribution in [3.8, 4) is 11.1 Å². The van der Waals surface area contributed by atoms with E-state index in [0.29, 0.717) is 0 Å². The van der Waals surface area contributed by atoms with Gasteiger partial charge in [0.2, 0.25) is 0 Å². The van der Waals surface area contributed by atoms with Gasteiger partial charge >= 0.3 is 0 Å². The van der Waals surface area contributed by atoms with Gasteiger partial charge in [0, 0.05) is 18.0 Å². The number of rotatable bonds is 2. The highest BCUT2D eigenvalue weighted by atomic mass is 32.2. The van der Waals surface area contributed by atoms with Crippen LogP contribution in [0.1, 0.15) is 0 Å². The topological polar surface area (TPSA) is 35.1 Å². The largest absolute Gasteiger partial charge is 0.245 e. The lowest BCUT2D eigenvalue weighted by atomic mass is 10.1. The van der Waals surface area contributed by atoms with Crippen molar-refractivity contribution >= 4 is 28.9 Å². The van der Waals surface area contributed by atoms with Crippen LogP contribution in [0, 0.1) is 0 Å². The van der Waals surface area contributed by atoms with Gasteiger partial charge < -0.3 is 0 Å². The Morgan fingerprint density at radius 1 is 1.05 bits per heavy atom. The Morgan fingerprint density at radius 2 is 1.95 bits per heavy atom. The molecule has 0 fully saturated rings. The molecule has 1 aromatic carbocycles. The van der Waals surface area contributed by atoms with E-state index >= 15 is 0 Å². The van der Waals surface area contributed by atoms with Crippen molar-refractivity contribution in [1.82, 2.24) is 18.6 Å². The second-order valence-electron chi connectivity index (χ2n) is 4.46.